The van der Waals surface area contributed by atoms with Crippen LogP contribution in [-0.4, -0.2) is 62.0 Å². The van der Waals surface area contributed by atoms with Crippen molar-refractivity contribution in [3.63, 3.8) is 0 Å². The Hall–Kier alpha value is -3.72. The highest BCUT2D eigenvalue weighted by Crippen LogP contribution is 2.23. The van der Waals surface area contributed by atoms with Gasteiger partial charge in [-0.15, -0.1) is 0 Å². The van der Waals surface area contributed by atoms with E-state index in [0.29, 0.717) is 6.54 Å². The van der Waals surface area contributed by atoms with Crippen LogP contribution in [0.3, 0.4) is 0 Å². The molecule has 0 atom stereocenters. The van der Waals surface area contributed by atoms with Gasteiger partial charge in [0.05, 0.1) is 25.5 Å². The largest absolute Gasteiger partial charge is 0.483 e. The molecule has 0 bridgehead atoms. The molecule has 0 amide bonds. The number of anilines is 1. The quantitative estimate of drug-likeness (QED) is 0.519. The standard InChI is InChI=1S/C20H20N6O.CH2O2/c1-2-18(26-19(3-1)22-15-23-26)14-25-9-8-21-20(25)16-4-6-17(7-5-16)24-10-12-27-13-11-24;2-1-3/h1-9,15H,10-14H2;1H,(H,2,3). The van der Waals surface area contributed by atoms with E-state index >= 15 is 0 Å². The molecule has 0 radical (unpaired) electrons. The molecule has 30 heavy (non-hydrogen) atoms. The fourth-order valence-electron chi connectivity index (χ4n) is 3.54. The molecule has 1 saturated heterocycles. The van der Waals surface area contributed by atoms with Gasteiger partial charge in [-0.25, -0.2) is 14.5 Å². The number of hydrogen-bond donors (Lipinski definition) is 1. The van der Waals surface area contributed by atoms with Crippen molar-refractivity contribution < 1.29 is 14.6 Å². The molecule has 1 fully saturated rings. The monoisotopic (exact) mass is 406 g/mol. The van der Waals surface area contributed by atoms with E-state index < -0.39 is 0 Å². The summed E-state index contributed by atoms with van der Waals surface area (Å²) in [6.45, 7) is 3.90. The molecule has 4 aromatic rings. The van der Waals surface area contributed by atoms with Gasteiger partial charge in [-0.2, -0.15) is 5.10 Å². The molecule has 154 valence electrons. The lowest BCUT2D eigenvalue weighted by Crippen LogP contribution is -2.36. The Kier molecular flexibility index (Phi) is 6.00. The molecule has 1 aliphatic rings. The van der Waals surface area contributed by atoms with Crippen molar-refractivity contribution in [1.29, 1.82) is 0 Å². The molecule has 1 N–H and O–H groups in total. The second kappa shape index (κ2) is 9.19. The Morgan fingerprint density at radius 2 is 1.83 bits per heavy atom. The summed E-state index contributed by atoms with van der Waals surface area (Å²) in [6, 6.07) is 14.6. The summed E-state index contributed by atoms with van der Waals surface area (Å²) in [5, 5.41) is 11.2. The molecule has 0 saturated carbocycles. The van der Waals surface area contributed by atoms with Gasteiger partial charge in [0.25, 0.3) is 6.47 Å². The number of nitrogens with zero attached hydrogens (tertiary/aromatic N) is 6. The Morgan fingerprint density at radius 1 is 1.07 bits per heavy atom. The second-order valence-electron chi connectivity index (χ2n) is 6.68. The van der Waals surface area contributed by atoms with Gasteiger partial charge in [0.15, 0.2) is 5.65 Å². The molecule has 0 aliphatic carbocycles. The highest BCUT2D eigenvalue weighted by molar-refractivity contribution is 5.61. The molecule has 0 spiro atoms. The van der Waals surface area contributed by atoms with Crippen LogP contribution in [-0.2, 0) is 16.1 Å². The van der Waals surface area contributed by atoms with Crippen LogP contribution in [0.2, 0.25) is 0 Å². The molecule has 9 heteroatoms. The number of carboxylic acid groups (broad SMARTS) is 1. The van der Waals surface area contributed by atoms with Crippen molar-refractivity contribution in [2.24, 2.45) is 0 Å². The number of aromatic nitrogens is 5. The van der Waals surface area contributed by atoms with E-state index in [1.165, 1.54) is 5.69 Å². The van der Waals surface area contributed by atoms with Gasteiger partial charge in [0.1, 0.15) is 12.2 Å². The van der Waals surface area contributed by atoms with E-state index in [4.69, 9.17) is 14.6 Å². The Bertz CT molecular complexity index is 1100. The van der Waals surface area contributed by atoms with Crippen molar-refractivity contribution in [1.82, 2.24) is 24.1 Å². The van der Waals surface area contributed by atoms with Gasteiger partial charge in [-0.3, -0.25) is 4.79 Å². The zero-order valence-corrected chi connectivity index (χ0v) is 16.3. The third-order valence-electron chi connectivity index (χ3n) is 4.93. The number of imidazole rings is 1. The Balaban J connectivity index is 0.000000687. The topological polar surface area (TPSA) is 97.8 Å². The first kappa shape index (κ1) is 19.6. The van der Waals surface area contributed by atoms with Crippen LogP contribution in [0.25, 0.3) is 17.0 Å². The molecule has 1 aliphatic heterocycles. The number of morpholine rings is 1. The normalized spacial score (nSPS) is 13.7. The molecule has 9 nitrogen and oxygen atoms in total. The third-order valence-corrected chi connectivity index (χ3v) is 4.93. The van der Waals surface area contributed by atoms with Crippen molar-refractivity contribution in [3.05, 3.63) is 66.9 Å². The van der Waals surface area contributed by atoms with Crippen LogP contribution in [0, 0.1) is 0 Å². The molecular formula is C21H22N6O3. The lowest BCUT2D eigenvalue weighted by atomic mass is 10.1. The minimum Gasteiger partial charge on any atom is -0.483 e. The second-order valence-corrected chi connectivity index (χ2v) is 6.68. The molecule has 0 unspecified atom stereocenters. The Labute approximate surface area is 173 Å². The van der Waals surface area contributed by atoms with Crippen LogP contribution >= 0.6 is 0 Å². The number of carbonyl (C=O) groups is 1. The summed E-state index contributed by atoms with van der Waals surface area (Å²) in [5.41, 5.74) is 4.24. The first-order valence-electron chi connectivity index (χ1n) is 9.60. The number of hydrogen-bond acceptors (Lipinski definition) is 6. The summed E-state index contributed by atoms with van der Waals surface area (Å²) in [6.07, 6.45) is 5.42. The summed E-state index contributed by atoms with van der Waals surface area (Å²) < 4.78 is 9.44. The van der Waals surface area contributed by atoms with Crippen molar-refractivity contribution >= 4 is 17.8 Å². The average Bonchev–Trinajstić information content (AvgIpc) is 3.45. The average molecular weight is 406 g/mol. The molecule has 4 heterocycles. The lowest BCUT2D eigenvalue weighted by molar-refractivity contribution is -0.122. The maximum absolute atomic E-state index is 8.36. The van der Waals surface area contributed by atoms with Crippen LogP contribution in [0.1, 0.15) is 5.69 Å². The first-order chi connectivity index (χ1) is 14.8. The van der Waals surface area contributed by atoms with Crippen molar-refractivity contribution in [2.45, 2.75) is 6.54 Å². The third kappa shape index (κ3) is 4.15. The summed E-state index contributed by atoms with van der Waals surface area (Å²) in [7, 11) is 0. The van der Waals surface area contributed by atoms with E-state index in [-0.39, 0.29) is 6.47 Å². The van der Waals surface area contributed by atoms with Crippen molar-refractivity contribution in [2.75, 3.05) is 31.2 Å². The van der Waals surface area contributed by atoms with E-state index in [1.807, 2.05) is 29.0 Å². The van der Waals surface area contributed by atoms with E-state index in [0.717, 1.165) is 49.0 Å². The van der Waals surface area contributed by atoms with E-state index in [1.54, 1.807) is 6.33 Å². The maximum Gasteiger partial charge on any atom is 0.290 e. The van der Waals surface area contributed by atoms with Gasteiger partial charge < -0.3 is 19.3 Å². The minimum absolute atomic E-state index is 0.250. The highest BCUT2D eigenvalue weighted by atomic mass is 16.5. The van der Waals surface area contributed by atoms with Crippen molar-refractivity contribution in [3.8, 4) is 11.4 Å². The minimum atomic E-state index is -0.250. The maximum atomic E-state index is 8.36. The number of ether oxygens (including phenoxy) is 1. The van der Waals surface area contributed by atoms with Crippen LogP contribution < -0.4 is 4.90 Å². The molecule has 3 aromatic heterocycles. The molecular weight excluding hydrogens is 384 g/mol. The fourth-order valence-corrected chi connectivity index (χ4v) is 3.54. The van der Waals surface area contributed by atoms with E-state index in [9.17, 15) is 0 Å². The predicted octanol–water partition coefficient (Wildman–Crippen LogP) is 2.18. The number of fused-ring (bicyclic) bond motifs is 1. The van der Waals surface area contributed by atoms with Crippen LogP contribution in [0.4, 0.5) is 5.69 Å². The molecule has 5 rings (SSSR count). The summed E-state index contributed by atoms with van der Waals surface area (Å²) in [4.78, 5) is 19.5. The SMILES string of the molecule is O=CO.c1cc(Cn2ccnc2-c2ccc(N3CCOCC3)cc2)n2ncnc2c1. The van der Waals surface area contributed by atoms with Gasteiger partial charge >= 0.3 is 0 Å². The number of rotatable bonds is 4. The fraction of sp³-hybridized carbons (Fsp3) is 0.238. The predicted molar refractivity (Wildman–Crippen MR) is 111 cm³/mol. The van der Waals surface area contributed by atoms with E-state index in [2.05, 4.69) is 54.9 Å². The van der Waals surface area contributed by atoms with Gasteiger partial charge in [-0.1, -0.05) is 6.07 Å². The zero-order valence-electron chi connectivity index (χ0n) is 16.3. The summed E-state index contributed by atoms with van der Waals surface area (Å²) >= 11 is 0. The van der Waals surface area contributed by atoms with Gasteiger partial charge in [0, 0.05) is 36.7 Å². The van der Waals surface area contributed by atoms with Gasteiger partial charge in [-0.05, 0) is 36.4 Å². The smallest absolute Gasteiger partial charge is 0.290 e. The Morgan fingerprint density at radius 3 is 2.60 bits per heavy atom. The lowest BCUT2D eigenvalue weighted by Gasteiger charge is -2.28. The number of pyridine rings is 1. The first-order valence-corrected chi connectivity index (χ1v) is 9.60. The molecule has 1 aromatic carbocycles. The van der Waals surface area contributed by atoms with Crippen LogP contribution in [0.5, 0.6) is 0 Å². The zero-order chi connectivity index (χ0) is 20.8. The van der Waals surface area contributed by atoms with Crippen LogP contribution in [0.15, 0.2) is 61.2 Å². The summed E-state index contributed by atoms with van der Waals surface area (Å²) in [5.74, 6) is 0.945. The van der Waals surface area contributed by atoms with Gasteiger partial charge in [0.2, 0.25) is 0 Å². The highest BCUT2D eigenvalue weighted by Gasteiger charge is 2.13. The number of benzene rings is 1.